The number of aryl methyl sites for hydroxylation is 1. The van der Waals surface area contributed by atoms with Crippen LogP contribution >= 0.6 is 0 Å². The monoisotopic (exact) mass is 456 g/mol. The molecule has 3 unspecified atom stereocenters. The van der Waals surface area contributed by atoms with E-state index in [9.17, 15) is 10.1 Å². The molecule has 2 aromatic heterocycles. The summed E-state index contributed by atoms with van der Waals surface area (Å²) in [5.41, 5.74) is 9.36. The molecule has 0 radical (unpaired) electrons. The largest absolute Gasteiger partial charge is 0.347 e. The molecule has 174 valence electrons. The molecule has 3 atom stereocenters. The van der Waals surface area contributed by atoms with Gasteiger partial charge in [-0.05, 0) is 48.9 Å². The molecule has 2 heterocycles. The van der Waals surface area contributed by atoms with Gasteiger partial charge in [-0.25, -0.2) is 4.98 Å². The summed E-state index contributed by atoms with van der Waals surface area (Å²) in [4.78, 5) is 26.9. The quantitative estimate of drug-likeness (QED) is 0.385. The Kier molecular flexibility index (Phi) is 6.22. The number of nitro benzene ring substituents is 1. The number of fused-ring (bicyclic) bond motifs is 1. The number of aromatic nitrogens is 3. The molecule has 0 amide bonds. The van der Waals surface area contributed by atoms with Crippen molar-refractivity contribution in [1.29, 1.82) is 0 Å². The fourth-order valence-electron chi connectivity index (χ4n) is 5.24. The van der Waals surface area contributed by atoms with E-state index in [1.165, 1.54) is 5.56 Å². The average Bonchev–Trinajstić information content (AvgIpc) is 3.41. The molecule has 34 heavy (non-hydrogen) atoms. The first kappa shape index (κ1) is 22.0. The van der Waals surface area contributed by atoms with Crippen LogP contribution in [-0.4, -0.2) is 19.9 Å². The van der Waals surface area contributed by atoms with Crippen LogP contribution in [0.5, 0.6) is 0 Å². The number of rotatable bonds is 7. The van der Waals surface area contributed by atoms with Gasteiger partial charge in [0, 0.05) is 37.1 Å². The van der Waals surface area contributed by atoms with Crippen LogP contribution in [0.4, 0.5) is 11.4 Å². The minimum atomic E-state index is -0.306. The number of anilines is 1. The first-order valence-corrected chi connectivity index (χ1v) is 11.7. The number of aromatic amines is 1. The molecular formula is C26H28N6O2. The third kappa shape index (κ3) is 4.12. The lowest BCUT2D eigenvalue weighted by atomic mass is 9.85. The van der Waals surface area contributed by atoms with Crippen LogP contribution in [0.2, 0.25) is 0 Å². The highest BCUT2D eigenvalue weighted by Gasteiger charge is 2.40. The molecule has 5 rings (SSSR count). The second-order valence-electron chi connectivity index (χ2n) is 8.78. The highest BCUT2D eigenvalue weighted by molar-refractivity contribution is 5.66. The lowest BCUT2D eigenvalue weighted by Gasteiger charge is -2.43. The maximum atomic E-state index is 12.3. The minimum Gasteiger partial charge on any atom is -0.347 e. The number of H-pyrrole nitrogens is 1. The Bertz CT molecular complexity index is 1220. The van der Waals surface area contributed by atoms with Crippen LogP contribution in [0, 0.1) is 16.0 Å². The van der Waals surface area contributed by atoms with E-state index in [0.717, 1.165) is 42.8 Å². The summed E-state index contributed by atoms with van der Waals surface area (Å²) in [7, 11) is 0. The number of nitrogens with zero attached hydrogens (tertiary/aromatic N) is 4. The SMILES string of the molecule is NCc1ccc(N(C2CCCc3cccnc32)C(c2ncc[nH]2)C2C=CC=CC2)c([N+](=O)[O-])c1. The normalized spacial score (nSPS) is 20.0. The Morgan fingerprint density at radius 2 is 2.15 bits per heavy atom. The van der Waals surface area contributed by atoms with E-state index in [1.54, 1.807) is 12.3 Å². The molecule has 8 heteroatoms. The van der Waals surface area contributed by atoms with Gasteiger partial charge in [-0.15, -0.1) is 0 Å². The van der Waals surface area contributed by atoms with E-state index in [2.05, 4.69) is 33.1 Å². The van der Waals surface area contributed by atoms with E-state index >= 15 is 0 Å². The first-order chi connectivity index (χ1) is 16.7. The van der Waals surface area contributed by atoms with Crippen LogP contribution in [0.3, 0.4) is 0 Å². The van der Waals surface area contributed by atoms with Crippen molar-refractivity contribution in [1.82, 2.24) is 15.0 Å². The van der Waals surface area contributed by atoms with Crippen LogP contribution in [-0.2, 0) is 13.0 Å². The van der Waals surface area contributed by atoms with E-state index in [0.29, 0.717) is 5.69 Å². The lowest BCUT2D eigenvalue weighted by molar-refractivity contribution is -0.384. The zero-order valence-electron chi connectivity index (χ0n) is 18.9. The predicted molar refractivity (Wildman–Crippen MR) is 131 cm³/mol. The van der Waals surface area contributed by atoms with E-state index in [1.807, 2.05) is 42.7 Å². The maximum Gasteiger partial charge on any atom is 0.292 e. The number of pyridine rings is 1. The van der Waals surface area contributed by atoms with Gasteiger partial charge in [0.25, 0.3) is 5.69 Å². The van der Waals surface area contributed by atoms with Gasteiger partial charge in [0.2, 0.25) is 0 Å². The summed E-state index contributed by atoms with van der Waals surface area (Å²) in [6.45, 7) is 0.243. The topological polar surface area (TPSA) is 114 Å². The lowest BCUT2D eigenvalue weighted by Crippen LogP contribution is -2.39. The molecule has 0 aliphatic heterocycles. The fraction of sp³-hybridized carbons (Fsp3) is 0.308. The van der Waals surface area contributed by atoms with Gasteiger partial charge in [0.15, 0.2) is 0 Å². The molecule has 8 nitrogen and oxygen atoms in total. The molecule has 0 bridgehead atoms. The van der Waals surface area contributed by atoms with Crippen molar-refractivity contribution in [2.45, 2.75) is 44.3 Å². The van der Waals surface area contributed by atoms with Gasteiger partial charge in [-0.3, -0.25) is 15.1 Å². The zero-order valence-corrected chi connectivity index (χ0v) is 18.9. The summed E-state index contributed by atoms with van der Waals surface area (Å²) in [6.07, 6.45) is 17.4. The second kappa shape index (κ2) is 9.61. The van der Waals surface area contributed by atoms with Crippen molar-refractivity contribution >= 4 is 11.4 Å². The summed E-state index contributed by atoms with van der Waals surface area (Å²) < 4.78 is 0. The van der Waals surface area contributed by atoms with Crippen molar-refractivity contribution in [3.63, 3.8) is 0 Å². The smallest absolute Gasteiger partial charge is 0.292 e. The molecule has 3 N–H and O–H groups in total. The summed E-state index contributed by atoms with van der Waals surface area (Å²) >= 11 is 0. The van der Waals surface area contributed by atoms with Gasteiger partial charge in [0.05, 0.1) is 22.7 Å². The highest BCUT2D eigenvalue weighted by Crippen LogP contribution is 2.47. The summed E-state index contributed by atoms with van der Waals surface area (Å²) in [5, 5.41) is 12.3. The number of nitro groups is 1. The Morgan fingerprint density at radius 1 is 1.24 bits per heavy atom. The van der Waals surface area contributed by atoms with Crippen LogP contribution in [0.15, 0.2) is 73.2 Å². The Labute approximate surface area is 198 Å². The van der Waals surface area contributed by atoms with Crippen LogP contribution < -0.4 is 10.6 Å². The molecular weight excluding hydrogens is 428 g/mol. The van der Waals surface area contributed by atoms with Crippen LogP contribution in [0.1, 0.15) is 54.0 Å². The number of nitrogens with two attached hydrogens (primary N) is 1. The van der Waals surface area contributed by atoms with Gasteiger partial charge in [-0.1, -0.05) is 36.4 Å². The maximum absolute atomic E-state index is 12.3. The van der Waals surface area contributed by atoms with Crippen molar-refractivity contribution in [2.24, 2.45) is 11.7 Å². The highest BCUT2D eigenvalue weighted by atomic mass is 16.6. The average molecular weight is 457 g/mol. The number of allylic oxidation sites excluding steroid dienone is 3. The number of hydrogen-bond acceptors (Lipinski definition) is 6. The van der Waals surface area contributed by atoms with Gasteiger partial charge < -0.3 is 15.6 Å². The number of hydrogen-bond donors (Lipinski definition) is 2. The summed E-state index contributed by atoms with van der Waals surface area (Å²) in [6, 6.07) is 9.04. The van der Waals surface area contributed by atoms with E-state index < -0.39 is 0 Å². The predicted octanol–water partition coefficient (Wildman–Crippen LogP) is 4.93. The number of imidazole rings is 1. The summed E-state index contributed by atoms with van der Waals surface area (Å²) in [5.74, 6) is 0.865. The Balaban J connectivity index is 1.74. The molecule has 1 aromatic carbocycles. The Morgan fingerprint density at radius 3 is 2.88 bits per heavy atom. The van der Waals surface area contributed by atoms with Gasteiger partial charge in [0.1, 0.15) is 11.5 Å². The van der Waals surface area contributed by atoms with Gasteiger partial charge >= 0.3 is 0 Å². The zero-order chi connectivity index (χ0) is 23.5. The molecule has 2 aliphatic rings. The molecule has 0 saturated carbocycles. The first-order valence-electron chi connectivity index (χ1n) is 11.7. The molecule has 3 aromatic rings. The van der Waals surface area contributed by atoms with Crippen molar-refractivity contribution in [3.8, 4) is 0 Å². The molecule has 2 aliphatic carbocycles. The van der Waals surface area contributed by atoms with Crippen molar-refractivity contribution in [2.75, 3.05) is 4.90 Å². The van der Waals surface area contributed by atoms with Gasteiger partial charge in [-0.2, -0.15) is 0 Å². The number of nitrogens with one attached hydrogen (secondary N) is 1. The fourth-order valence-corrected chi connectivity index (χ4v) is 5.24. The minimum absolute atomic E-state index is 0.0536. The van der Waals surface area contributed by atoms with Crippen molar-refractivity contribution < 1.29 is 4.92 Å². The Hall–Kier alpha value is -3.78. The second-order valence-corrected chi connectivity index (χ2v) is 8.78. The van der Waals surface area contributed by atoms with E-state index in [4.69, 9.17) is 10.7 Å². The molecule has 0 spiro atoms. The molecule has 0 fully saturated rings. The van der Waals surface area contributed by atoms with E-state index in [-0.39, 0.29) is 35.2 Å². The van der Waals surface area contributed by atoms with Crippen molar-refractivity contribution in [3.05, 3.63) is 106 Å². The standard InChI is InChI=1S/C26H28N6O2/c27-17-18-11-12-21(23(16-18)32(33)34)31(22-10-4-8-19-9-5-13-28-24(19)22)25(26-29-14-15-30-26)20-6-2-1-3-7-20/h1-3,5-6,9,11-16,20,22,25H,4,7-8,10,17,27H2,(H,29,30). The third-order valence-corrected chi connectivity index (χ3v) is 6.77. The third-order valence-electron chi connectivity index (χ3n) is 6.77. The van der Waals surface area contributed by atoms with Crippen LogP contribution in [0.25, 0.3) is 0 Å². The number of benzene rings is 1. The molecule has 0 saturated heterocycles.